The number of benzene rings is 3. The number of ether oxygens (including phenoxy) is 1. The van der Waals surface area contributed by atoms with Crippen LogP contribution in [0.5, 0.6) is 5.75 Å². The first-order valence-corrected chi connectivity index (χ1v) is 10.4. The molecule has 0 unspecified atom stereocenters. The summed E-state index contributed by atoms with van der Waals surface area (Å²) in [6.45, 7) is 3.45. The van der Waals surface area contributed by atoms with Gasteiger partial charge in [-0.3, -0.25) is 4.79 Å². The number of nitrogens with one attached hydrogen (secondary N) is 1. The average molecular weight is 486 g/mol. The van der Waals surface area contributed by atoms with E-state index >= 15 is 0 Å². The largest absolute Gasteiger partial charge is 0.478 e. The minimum Gasteiger partial charge on any atom is -0.478 e. The number of carbonyl (C=O) groups excluding carboxylic acids is 1. The fraction of sp³-hybridized carbons (Fsp3) is 0.130. The summed E-state index contributed by atoms with van der Waals surface area (Å²) in [5.74, 6) is 0.850. The van der Waals surface area contributed by atoms with Gasteiger partial charge in [0.1, 0.15) is 11.3 Å². The zero-order valence-corrected chi connectivity index (χ0v) is 18.6. The number of amides is 1. The Balaban J connectivity index is 1.46. The molecule has 0 atom stereocenters. The third-order valence-corrected chi connectivity index (χ3v) is 5.24. The zero-order chi connectivity index (χ0) is 21.3. The van der Waals surface area contributed by atoms with Crippen molar-refractivity contribution < 1.29 is 13.9 Å². The van der Waals surface area contributed by atoms with E-state index in [4.69, 9.17) is 20.8 Å². The molecule has 4 rings (SSSR count). The molecule has 0 aliphatic carbocycles. The number of aromatic nitrogens is 1. The highest BCUT2D eigenvalue weighted by Gasteiger charge is 2.30. The summed E-state index contributed by atoms with van der Waals surface area (Å²) in [7, 11) is 0. The molecule has 1 amide bonds. The first-order valence-electron chi connectivity index (χ1n) is 9.23. The predicted molar refractivity (Wildman–Crippen MR) is 122 cm³/mol. The van der Waals surface area contributed by atoms with Crippen molar-refractivity contribution >= 4 is 50.2 Å². The molecule has 4 aromatic rings. The quantitative estimate of drug-likeness (QED) is 0.341. The number of hydrogen-bond acceptors (Lipinski definition) is 4. The fourth-order valence-corrected chi connectivity index (χ4v) is 3.28. The van der Waals surface area contributed by atoms with E-state index in [1.165, 1.54) is 0 Å². The lowest BCUT2D eigenvalue weighted by Crippen LogP contribution is -2.42. The lowest BCUT2D eigenvalue weighted by molar-refractivity contribution is -0.128. The number of rotatable bonds is 5. The minimum absolute atomic E-state index is 0.255. The summed E-state index contributed by atoms with van der Waals surface area (Å²) in [6.07, 6.45) is 0. The summed E-state index contributed by atoms with van der Waals surface area (Å²) in [4.78, 5) is 17.2. The van der Waals surface area contributed by atoms with Crippen LogP contribution in [0, 0.1) is 0 Å². The molecule has 0 saturated heterocycles. The second kappa shape index (κ2) is 8.13. The third-order valence-electron chi connectivity index (χ3n) is 4.47. The number of halogens is 2. The van der Waals surface area contributed by atoms with Crippen molar-refractivity contribution in [2.45, 2.75) is 19.4 Å². The summed E-state index contributed by atoms with van der Waals surface area (Å²) in [5, 5.41) is 3.49. The Bertz CT molecular complexity index is 1200. The van der Waals surface area contributed by atoms with E-state index in [2.05, 4.69) is 26.2 Å². The molecule has 7 heteroatoms. The molecule has 3 aromatic carbocycles. The van der Waals surface area contributed by atoms with E-state index in [0.717, 1.165) is 10.0 Å². The van der Waals surface area contributed by atoms with Gasteiger partial charge in [-0.2, -0.15) is 0 Å². The average Bonchev–Trinajstić information content (AvgIpc) is 3.13. The van der Waals surface area contributed by atoms with Crippen molar-refractivity contribution in [1.82, 2.24) is 4.98 Å². The number of carbonyl (C=O) groups is 1. The molecule has 0 aliphatic rings. The summed E-state index contributed by atoms with van der Waals surface area (Å²) < 4.78 is 12.6. The van der Waals surface area contributed by atoms with Gasteiger partial charge in [-0.05, 0) is 80.6 Å². The van der Waals surface area contributed by atoms with Gasteiger partial charge in [0, 0.05) is 20.7 Å². The van der Waals surface area contributed by atoms with Crippen LogP contribution >= 0.6 is 27.5 Å². The van der Waals surface area contributed by atoms with Crippen LogP contribution in [-0.2, 0) is 4.79 Å². The van der Waals surface area contributed by atoms with E-state index in [0.29, 0.717) is 33.4 Å². The van der Waals surface area contributed by atoms with Crippen LogP contribution in [0.4, 0.5) is 5.69 Å². The van der Waals surface area contributed by atoms with E-state index in [9.17, 15) is 4.79 Å². The topological polar surface area (TPSA) is 64.4 Å². The number of oxazole rings is 1. The van der Waals surface area contributed by atoms with Crippen molar-refractivity contribution in [3.05, 3.63) is 76.2 Å². The molecule has 1 N–H and O–H groups in total. The summed E-state index contributed by atoms with van der Waals surface area (Å²) >= 11 is 9.39. The Labute approximate surface area is 187 Å². The van der Waals surface area contributed by atoms with Crippen molar-refractivity contribution in [2.75, 3.05) is 5.32 Å². The van der Waals surface area contributed by atoms with E-state index in [1.807, 2.05) is 24.3 Å². The Morgan fingerprint density at radius 1 is 1.07 bits per heavy atom. The molecule has 0 spiro atoms. The van der Waals surface area contributed by atoms with Gasteiger partial charge in [0.05, 0.1) is 0 Å². The second-order valence-corrected chi connectivity index (χ2v) is 8.58. The zero-order valence-electron chi connectivity index (χ0n) is 16.3. The number of anilines is 1. The predicted octanol–water partition coefficient (Wildman–Crippen LogP) is 6.71. The molecule has 1 aromatic heterocycles. The van der Waals surface area contributed by atoms with E-state index in [-0.39, 0.29) is 5.91 Å². The molecule has 1 heterocycles. The van der Waals surface area contributed by atoms with Crippen LogP contribution < -0.4 is 10.1 Å². The van der Waals surface area contributed by atoms with Gasteiger partial charge in [-0.15, -0.1) is 0 Å². The van der Waals surface area contributed by atoms with Crippen LogP contribution in [-0.4, -0.2) is 16.5 Å². The molecule has 0 saturated carbocycles. The first kappa shape index (κ1) is 20.4. The molecule has 30 heavy (non-hydrogen) atoms. The number of hydrogen-bond donors (Lipinski definition) is 1. The van der Waals surface area contributed by atoms with Crippen molar-refractivity contribution in [1.29, 1.82) is 0 Å². The Morgan fingerprint density at radius 3 is 2.47 bits per heavy atom. The normalized spacial score (nSPS) is 11.5. The lowest BCUT2D eigenvalue weighted by atomic mass is 10.1. The van der Waals surface area contributed by atoms with Crippen LogP contribution in [0.2, 0.25) is 5.02 Å². The highest BCUT2D eigenvalue weighted by Crippen LogP contribution is 2.28. The third kappa shape index (κ3) is 4.50. The van der Waals surface area contributed by atoms with Crippen LogP contribution in [0.15, 0.2) is 75.6 Å². The van der Waals surface area contributed by atoms with Gasteiger partial charge in [0.15, 0.2) is 11.2 Å². The Morgan fingerprint density at radius 2 is 1.77 bits per heavy atom. The maximum absolute atomic E-state index is 12.7. The van der Waals surface area contributed by atoms with E-state index < -0.39 is 5.60 Å². The smallest absolute Gasteiger partial charge is 0.267 e. The molecule has 0 aliphatic heterocycles. The fourth-order valence-electron chi connectivity index (χ4n) is 2.85. The lowest BCUT2D eigenvalue weighted by Gasteiger charge is -2.25. The van der Waals surface area contributed by atoms with Crippen molar-refractivity contribution in [3.8, 4) is 17.2 Å². The van der Waals surface area contributed by atoms with E-state index in [1.54, 1.807) is 56.3 Å². The first-order chi connectivity index (χ1) is 14.3. The standard InChI is InChI=1S/C23H18BrClN2O3/c1-23(2,30-18-10-5-15(24)6-11-18)22(28)26-17-8-3-14(4-9-17)21-27-19-13-16(25)7-12-20(19)29-21/h3-13H,1-2H3,(H,26,28). The van der Waals surface area contributed by atoms with Gasteiger partial charge in [0.2, 0.25) is 5.89 Å². The SMILES string of the molecule is CC(C)(Oc1ccc(Br)cc1)C(=O)Nc1ccc(-c2nc3cc(Cl)ccc3o2)cc1. The molecule has 0 fully saturated rings. The number of nitrogens with zero attached hydrogens (tertiary/aromatic N) is 1. The van der Waals surface area contributed by atoms with Crippen molar-refractivity contribution in [3.63, 3.8) is 0 Å². The molecule has 152 valence electrons. The van der Waals surface area contributed by atoms with Gasteiger partial charge in [0.25, 0.3) is 5.91 Å². The monoisotopic (exact) mass is 484 g/mol. The van der Waals surface area contributed by atoms with Crippen LogP contribution in [0.3, 0.4) is 0 Å². The molecule has 0 bridgehead atoms. The maximum Gasteiger partial charge on any atom is 0.267 e. The minimum atomic E-state index is -1.05. The second-order valence-electron chi connectivity index (χ2n) is 7.23. The summed E-state index contributed by atoms with van der Waals surface area (Å²) in [6, 6.07) is 19.9. The molecule has 5 nitrogen and oxygen atoms in total. The van der Waals surface area contributed by atoms with Gasteiger partial charge >= 0.3 is 0 Å². The van der Waals surface area contributed by atoms with Gasteiger partial charge in [-0.25, -0.2) is 4.98 Å². The molecule has 0 radical (unpaired) electrons. The highest BCUT2D eigenvalue weighted by atomic mass is 79.9. The Hall–Kier alpha value is -2.83. The molecular weight excluding hydrogens is 468 g/mol. The van der Waals surface area contributed by atoms with Crippen LogP contribution in [0.1, 0.15) is 13.8 Å². The maximum atomic E-state index is 12.7. The van der Waals surface area contributed by atoms with Crippen molar-refractivity contribution in [2.24, 2.45) is 0 Å². The summed E-state index contributed by atoms with van der Waals surface area (Å²) in [5.41, 5.74) is 1.76. The van der Waals surface area contributed by atoms with Crippen LogP contribution in [0.25, 0.3) is 22.6 Å². The number of fused-ring (bicyclic) bond motifs is 1. The van der Waals surface area contributed by atoms with Gasteiger partial charge < -0.3 is 14.5 Å². The Kier molecular flexibility index (Phi) is 5.54. The van der Waals surface area contributed by atoms with Gasteiger partial charge in [-0.1, -0.05) is 27.5 Å². The highest BCUT2D eigenvalue weighted by molar-refractivity contribution is 9.10. The molecular formula is C23H18BrClN2O3.